The second kappa shape index (κ2) is 7.21. The largest absolute Gasteiger partial charge is 0.455 e. The van der Waals surface area contributed by atoms with Crippen molar-refractivity contribution in [2.45, 2.75) is 13.3 Å². The van der Waals surface area contributed by atoms with Gasteiger partial charge in [-0.05, 0) is 36.6 Å². The SMILES string of the molecule is C[C@@H]1C[C@@H]1C(=O)OCC(=O)N(C)CC(=O)Nc1ccc(F)cc1. The summed E-state index contributed by atoms with van der Waals surface area (Å²) in [5, 5.41) is 2.55. The molecule has 1 saturated carbocycles. The Kier molecular flexibility index (Phi) is 5.31. The van der Waals surface area contributed by atoms with Crippen molar-refractivity contribution in [3.05, 3.63) is 30.1 Å². The summed E-state index contributed by atoms with van der Waals surface area (Å²) in [7, 11) is 1.44. The van der Waals surface area contributed by atoms with Gasteiger partial charge in [0, 0.05) is 12.7 Å². The minimum absolute atomic E-state index is 0.102. The molecular weight excluding hydrogens is 303 g/mol. The van der Waals surface area contributed by atoms with Crippen LogP contribution in [0.4, 0.5) is 10.1 Å². The Morgan fingerprint density at radius 2 is 1.91 bits per heavy atom. The van der Waals surface area contributed by atoms with Crippen molar-refractivity contribution in [3.8, 4) is 0 Å². The van der Waals surface area contributed by atoms with Gasteiger partial charge in [0.25, 0.3) is 5.91 Å². The van der Waals surface area contributed by atoms with Gasteiger partial charge < -0.3 is 15.0 Å². The lowest BCUT2D eigenvalue weighted by Crippen LogP contribution is -2.37. The number of halogens is 1. The van der Waals surface area contributed by atoms with Gasteiger partial charge >= 0.3 is 5.97 Å². The summed E-state index contributed by atoms with van der Waals surface area (Å²) in [4.78, 5) is 36.3. The highest BCUT2D eigenvalue weighted by Gasteiger charge is 2.40. The van der Waals surface area contributed by atoms with Crippen molar-refractivity contribution < 1.29 is 23.5 Å². The highest BCUT2D eigenvalue weighted by Crippen LogP contribution is 2.38. The van der Waals surface area contributed by atoms with Crippen molar-refractivity contribution in [3.63, 3.8) is 0 Å². The van der Waals surface area contributed by atoms with E-state index in [1.165, 1.54) is 36.2 Å². The standard InChI is InChI=1S/C16H19FN2O4/c1-10-7-13(10)16(22)23-9-15(21)19(2)8-14(20)18-12-5-3-11(17)4-6-12/h3-6,10,13H,7-9H2,1-2H3,(H,18,20)/t10-,13+/m1/s1. The molecule has 124 valence electrons. The fourth-order valence-corrected chi connectivity index (χ4v) is 2.04. The van der Waals surface area contributed by atoms with E-state index >= 15 is 0 Å². The number of nitrogens with zero attached hydrogens (tertiary/aromatic N) is 1. The van der Waals surface area contributed by atoms with Crippen molar-refractivity contribution in [2.75, 3.05) is 25.5 Å². The number of esters is 1. The highest BCUT2D eigenvalue weighted by atomic mass is 19.1. The lowest BCUT2D eigenvalue weighted by atomic mass is 10.3. The normalized spacial score (nSPS) is 18.9. The molecule has 1 aromatic rings. The molecule has 1 aliphatic carbocycles. The number of amides is 2. The molecule has 2 amide bonds. The molecule has 0 heterocycles. The molecular formula is C16H19FN2O4. The third-order valence-corrected chi connectivity index (χ3v) is 3.68. The summed E-state index contributed by atoms with van der Waals surface area (Å²) in [6, 6.07) is 5.30. The van der Waals surface area contributed by atoms with Gasteiger partial charge in [-0.1, -0.05) is 6.92 Å². The topological polar surface area (TPSA) is 75.7 Å². The number of benzene rings is 1. The van der Waals surface area contributed by atoms with E-state index < -0.39 is 17.6 Å². The van der Waals surface area contributed by atoms with Crippen LogP contribution in [0.3, 0.4) is 0 Å². The number of rotatable bonds is 6. The zero-order valence-electron chi connectivity index (χ0n) is 13.0. The lowest BCUT2D eigenvalue weighted by molar-refractivity contribution is -0.153. The van der Waals surface area contributed by atoms with Gasteiger partial charge in [0.15, 0.2) is 6.61 Å². The molecule has 2 rings (SSSR count). The van der Waals surface area contributed by atoms with E-state index in [9.17, 15) is 18.8 Å². The number of hydrogen-bond donors (Lipinski definition) is 1. The van der Waals surface area contributed by atoms with Gasteiger partial charge in [0.2, 0.25) is 5.91 Å². The van der Waals surface area contributed by atoms with Crippen LogP contribution >= 0.6 is 0 Å². The maximum atomic E-state index is 12.8. The number of nitrogens with one attached hydrogen (secondary N) is 1. The van der Waals surface area contributed by atoms with Crippen LogP contribution in [-0.2, 0) is 19.1 Å². The van der Waals surface area contributed by atoms with Crippen LogP contribution in [0.1, 0.15) is 13.3 Å². The smallest absolute Gasteiger partial charge is 0.309 e. The molecule has 0 aliphatic heterocycles. The number of ether oxygens (including phenoxy) is 1. The van der Waals surface area contributed by atoms with Gasteiger partial charge in [-0.2, -0.15) is 0 Å². The van der Waals surface area contributed by atoms with Gasteiger partial charge in [0.1, 0.15) is 5.82 Å². The Balaban J connectivity index is 1.72. The molecule has 1 aliphatic rings. The number of likely N-dealkylation sites (N-methyl/N-ethyl adjacent to an activating group) is 1. The van der Waals surface area contributed by atoms with Crippen LogP contribution in [0.5, 0.6) is 0 Å². The van der Waals surface area contributed by atoms with Crippen molar-refractivity contribution in [1.29, 1.82) is 0 Å². The molecule has 0 bridgehead atoms. The van der Waals surface area contributed by atoms with Gasteiger partial charge in [-0.25, -0.2) is 4.39 Å². The third kappa shape index (κ3) is 5.05. The fourth-order valence-electron chi connectivity index (χ4n) is 2.04. The van der Waals surface area contributed by atoms with E-state index in [-0.39, 0.29) is 25.0 Å². The molecule has 0 radical (unpaired) electrons. The first-order valence-electron chi connectivity index (χ1n) is 7.33. The minimum Gasteiger partial charge on any atom is -0.455 e. The average molecular weight is 322 g/mol. The van der Waals surface area contributed by atoms with E-state index in [2.05, 4.69) is 5.32 Å². The van der Waals surface area contributed by atoms with Crippen LogP contribution in [0.2, 0.25) is 0 Å². The van der Waals surface area contributed by atoms with Crippen molar-refractivity contribution >= 4 is 23.5 Å². The summed E-state index contributed by atoms with van der Waals surface area (Å²) < 4.78 is 17.7. The summed E-state index contributed by atoms with van der Waals surface area (Å²) in [6.07, 6.45) is 0.795. The Morgan fingerprint density at radius 1 is 1.30 bits per heavy atom. The number of hydrogen-bond acceptors (Lipinski definition) is 4. The maximum Gasteiger partial charge on any atom is 0.309 e. The quantitative estimate of drug-likeness (QED) is 0.804. The predicted octanol–water partition coefficient (Wildman–Crippen LogP) is 1.42. The second-order valence-electron chi connectivity index (χ2n) is 5.73. The van der Waals surface area contributed by atoms with Crippen molar-refractivity contribution in [1.82, 2.24) is 4.90 Å². The summed E-state index contributed by atoms with van der Waals surface area (Å²) in [5.74, 6) is -1.43. The van der Waals surface area contributed by atoms with E-state index in [1.54, 1.807) is 0 Å². The Bertz CT molecular complexity index is 603. The predicted molar refractivity (Wildman–Crippen MR) is 80.9 cm³/mol. The molecule has 7 heteroatoms. The molecule has 6 nitrogen and oxygen atoms in total. The number of carbonyl (C=O) groups is 3. The van der Waals surface area contributed by atoms with Crippen molar-refractivity contribution in [2.24, 2.45) is 11.8 Å². The molecule has 0 aromatic heterocycles. The van der Waals surface area contributed by atoms with E-state index in [1.807, 2.05) is 6.92 Å². The molecule has 23 heavy (non-hydrogen) atoms. The van der Waals surface area contributed by atoms with E-state index in [0.29, 0.717) is 11.6 Å². The highest BCUT2D eigenvalue weighted by molar-refractivity contribution is 5.94. The Morgan fingerprint density at radius 3 is 2.48 bits per heavy atom. The molecule has 1 N–H and O–H groups in total. The van der Waals surface area contributed by atoms with Crippen LogP contribution in [0, 0.1) is 17.7 Å². The van der Waals surface area contributed by atoms with Crippen LogP contribution in [-0.4, -0.2) is 42.9 Å². The van der Waals surface area contributed by atoms with Gasteiger partial charge in [0.05, 0.1) is 12.5 Å². The molecule has 1 aromatic carbocycles. The first-order chi connectivity index (χ1) is 10.9. The van der Waals surface area contributed by atoms with Crippen LogP contribution < -0.4 is 5.32 Å². The number of anilines is 1. The monoisotopic (exact) mass is 322 g/mol. The summed E-state index contributed by atoms with van der Waals surface area (Å²) in [6.45, 7) is 1.38. The Hall–Kier alpha value is -2.44. The first-order valence-corrected chi connectivity index (χ1v) is 7.33. The number of carbonyl (C=O) groups excluding carboxylic acids is 3. The third-order valence-electron chi connectivity index (χ3n) is 3.68. The molecule has 2 atom stereocenters. The van der Waals surface area contributed by atoms with Gasteiger partial charge in [-0.3, -0.25) is 14.4 Å². The molecule has 0 unspecified atom stereocenters. The van der Waals surface area contributed by atoms with Gasteiger partial charge in [-0.15, -0.1) is 0 Å². The summed E-state index contributed by atoms with van der Waals surface area (Å²) in [5.41, 5.74) is 0.436. The fraction of sp³-hybridized carbons (Fsp3) is 0.438. The zero-order chi connectivity index (χ0) is 17.0. The summed E-state index contributed by atoms with van der Waals surface area (Å²) >= 11 is 0. The Labute approximate surface area is 133 Å². The maximum absolute atomic E-state index is 12.8. The average Bonchev–Trinajstić information content (AvgIpc) is 3.23. The molecule has 1 fully saturated rings. The zero-order valence-corrected chi connectivity index (χ0v) is 13.0. The van der Waals surface area contributed by atoms with E-state index in [0.717, 1.165) is 6.42 Å². The minimum atomic E-state index is -0.457. The first kappa shape index (κ1) is 16.9. The van der Waals surface area contributed by atoms with Crippen LogP contribution in [0.15, 0.2) is 24.3 Å². The lowest BCUT2D eigenvalue weighted by Gasteiger charge is -2.16. The second-order valence-corrected chi connectivity index (χ2v) is 5.73. The molecule has 0 spiro atoms. The van der Waals surface area contributed by atoms with Crippen LogP contribution in [0.25, 0.3) is 0 Å². The molecule has 0 saturated heterocycles. The van der Waals surface area contributed by atoms with E-state index in [4.69, 9.17) is 4.74 Å².